The van der Waals surface area contributed by atoms with Gasteiger partial charge in [0.25, 0.3) is 0 Å². The van der Waals surface area contributed by atoms with Crippen LogP contribution >= 0.6 is 11.6 Å². The highest BCUT2D eigenvalue weighted by molar-refractivity contribution is 6.32. The average Bonchev–Trinajstić information content (AvgIpc) is 2.23. The van der Waals surface area contributed by atoms with Gasteiger partial charge in [0.15, 0.2) is 0 Å². The van der Waals surface area contributed by atoms with Crippen molar-refractivity contribution >= 4 is 11.6 Å². The Morgan fingerprint density at radius 2 is 2.20 bits per heavy atom. The number of hydrogen-bond acceptors (Lipinski definition) is 4. The van der Waals surface area contributed by atoms with Gasteiger partial charge in [-0.25, -0.2) is 0 Å². The van der Waals surface area contributed by atoms with E-state index in [-0.39, 0.29) is 12.3 Å². The molecular weight excluding hydrogens is 218 g/mol. The summed E-state index contributed by atoms with van der Waals surface area (Å²) in [7, 11) is 1.46. The van der Waals surface area contributed by atoms with E-state index in [0.29, 0.717) is 21.9 Å². The Morgan fingerprint density at radius 1 is 1.60 bits per heavy atom. The van der Waals surface area contributed by atoms with Crippen LogP contribution in [0.25, 0.3) is 0 Å². The second kappa shape index (κ2) is 4.70. The van der Waals surface area contributed by atoms with Crippen molar-refractivity contribution in [1.29, 1.82) is 0 Å². The Kier molecular flexibility index (Phi) is 3.79. The van der Waals surface area contributed by atoms with Gasteiger partial charge in [-0.15, -0.1) is 0 Å². The van der Waals surface area contributed by atoms with Crippen LogP contribution in [-0.4, -0.2) is 23.9 Å². The van der Waals surface area contributed by atoms with Crippen LogP contribution in [0.15, 0.2) is 6.07 Å². The minimum atomic E-state index is -0.924. The number of aliphatic hydroxyl groups excluding tert-OH is 1. The number of nitrogens with two attached hydrogens (primary N) is 1. The maximum Gasteiger partial charge on any atom is 0.144 e. The summed E-state index contributed by atoms with van der Waals surface area (Å²) in [4.78, 5) is 0. The van der Waals surface area contributed by atoms with E-state index in [1.54, 1.807) is 6.92 Å². The molecule has 0 bridgehead atoms. The minimum Gasteiger partial charge on any atom is -0.507 e. The van der Waals surface area contributed by atoms with E-state index in [2.05, 4.69) is 0 Å². The molecule has 0 aliphatic carbocycles. The van der Waals surface area contributed by atoms with E-state index in [1.165, 1.54) is 13.2 Å². The summed E-state index contributed by atoms with van der Waals surface area (Å²) in [5, 5.41) is 19.7. The van der Waals surface area contributed by atoms with Gasteiger partial charge in [0, 0.05) is 17.7 Å². The zero-order chi connectivity index (χ0) is 11.6. The normalized spacial score (nSPS) is 12.6. The Bertz CT molecular complexity index is 368. The van der Waals surface area contributed by atoms with Gasteiger partial charge in [-0.05, 0) is 13.0 Å². The number of benzene rings is 1. The number of aromatic hydroxyl groups is 1. The van der Waals surface area contributed by atoms with E-state index < -0.39 is 6.10 Å². The Hall–Kier alpha value is -0.970. The summed E-state index contributed by atoms with van der Waals surface area (Å²) >= 11 is 5.92. The summed E-state index contributed by atoms with van der Waals surface area (Å²) in [5.74, 6) is 0.372. The minimum absolute atomic E-state index is 0.0235. The van der Waals surface area contributed by atoms with Crippen LogP contribution in [0, 0.1) is 6.92 Å². The molecule has 5 heteroatoms. The highest BCUT2D eigenvalue weighted by Crippen LogP contribution is 2.39. The van der Waals surface area contributed by atoms with Gasteiger partial charge in [0.1, 0.15) is 11.5 Å². The van der Waals surface area contributed by atoms with Crippen molar-refractivity contribution in [1.82, 2.24) is 0 Å². The molecule has 0 saturated heterocycles. The van der Waals surface area contributed by atoms with Gasteiger partial charge in [0.05, 0.1) is 18.2 Å². The van der Waals surface area contributed by atoms with Gasteiger partial charge in [-0.2, -0.15) is 0 Å². The third-order valence-corrected chi connectivity index (χ3v) is 2.54. The molecule has 4 nitrogen and oxygen atoms in total. The molecule has 84 valence electrons. The summed E-state index contributed by atoms with van der Waals surface area (Å²) in [6.45, 7) is 1.68. The molecule has 0 radical (unpaired) electrons. The highest BCUT2D eigenvalue weighted by Gasteiger charge is 2.18. The molecule has 4 N–H and O–H groups in total. The molecule has 1 rings (SSSR count). The van der Waals surface area contributed by atoms with Gasteiger partial charge in [0.2, 0.25) is 0 Å². The molecule has 15 heavy (non-hydrogen) atoms. The lowest BCUT2D eigenvalue weighted by molar-refractivity contribution is 0.182. The predicted octanol–water partition coefficient (Wildman–Crippen LogP) is 1.35. The van der Waals surface area contributed by atoms with E-state index in [9.17, 15) is 10.2 Å². The topological polar surface area (TPSA) is 75.7 Å². The smallest absolute Gasteiger partial charge is 0.144 e. The van der Waals surface area contributed by atoms with Crippen molar-refractivity contribution in [2.75, 3.05) is 13.7 Å². The second-order valence-electron chi connectivity index (χ2n) is 3.21. The van der Waals surface area contributed by atoms with Gasteiger partial charge < -0.3 is 20.7 Å². The van der Waals surface area contributed by atoms with Crippen LogP contribution in [-0.2, 0) is 0 Å². The molecule has 0 aliphatic rings. The number of methoxy groups -OCH3 is 1. The quantitative estimate of drug-likeness (QED) is 0.734. The Labute approximate surface area is 93.2 Å². The Balaban J connectivity index is 3.33. The van der Waals surface area contributed by atoms with Crippen LogP contribution in [0.4, 0.5) is 0 Å². The SMILES string of the molecule is COc1c(Cl)cc(C(O)CN)c(O)c1C. The van der Waals surface area contributed by atoms with E-state index in [1.807, 2.05) is 0 Å². The lowest BCUT2D eigenvalue weighted by Gasteiger charge is -2.15. The third kappa shape index (κ3) is 2.17. The number of aliphatic hydroxyl groups is 1. The van der Waals surface area contributed by atoms with Gasteiger partial charge in [-0.1, -0.05) is 11.6 Å². The molecule has 0 aliphatic heterocycles. The summed E-state index contributed by atoms with van der Waals surface area (Å²) in [6, 6.07) is 1.46. The van der Waals surface area contributed by atoms with Gasteiger partial charge in [-0.3, -0.25) is 0 Å². The van der Waals surface area contributed by atoms with Crippen molar-refractivity contribution in [3.05, 3.63) is 22.2 Å². The first kappa shape index (κ1) is 12.1. The number of halogens is 1. The molecular formula is C10H14ClNO3. The molecule has 0 aromatic heterocycles. The van der Waals surface area contributed by atoms with Crippen molar-refractivity contribution in [3.63, 3.8) is 0 Å². The molecule has 0 saturated carbocycles. The monoisotopic (exact) mass is 231 g/mol. The van der Waals surface area contributed by atoms with E-state index in [4.69, 9.17) is 22.1 Å². The second-order valence-corrected chi connectivity index (χ2v) is 3.61. The molecule has 0 heterocycles. The Morgan fingerprint density at radius 3 is 2.67 bits per heavy atom. The summed E-state index contributed by atoms with van der Waals surface area (Å²) in [5.41, 5.74) is 6.12. The fourth-order valence-electron chi connectivity index (χ4n) is 1.41. The molecule has 1 unspecified atom stereocenters. The zero-order valence-electron chi connectivity index (χ0n) is 8.62. The number of hydrogen-bond donors (Lipinski definition) is 3. The van der Waals surface area contributed by atoms with Crippen LogP contribution in [0.3, 0.4) is 0 Å². The van der Waals surface area contributed by atoms with Crippen molar-refractivity contribution < 1.29 is 14.9 Å². The number of phenolic OH excluding ortho intramolecular Hbond substituents is 1. The fourth-order valence-corrected chi connectivity index (χ4v) is 1.74. The van der Waals surface area contributed by atoms with Crippen LogP contribution in [0.5, 0.6) is 11.5 Å². The zero-order valence-corrected chi connectivity index (χ0v) is 9.38. The first-order valence-electron chi connectivity index (χ1n) is 4.47. The highest BCUT2D eigenvalue weighted by atomic mass is 35.5. The largest absolute Gasteiger partial charge is 0.507 e. The number of ether oxygens (including phenoxy) is 1. The first-order chi connectivity index (χ1) is 7.02. The number of phenols is 1. The van der Waals surface area contributed by atoms with Crippen molar-refractivity contribution in [3.8, 4) is 11.5 Å². The standard InChI is InChI=1S/C10H14ClNO3/c1-5-9(14)6(8(13)4-12)3-7(11)10(5)15-2/h3,8,13-14H,4,12H2,1-2H3. The first-order valence-corrected chi connectivity index (χ1v) is 4.84. The predicted molar refractivity (Wildman–Crippen MR) is 58.4 cm³/mol. The molecule has 1 aromatic rings. The average molecular weight is 232 g/mol. The molecule has 0 amide bonds. The maximum atomic E-state index is 9.78. The molecule has 1 aromatic carbocycles. The van der Waals surface area contributed by atoms with Crippen LogP contribution < -0.4 is 10.5 Å². The molecule has 0 fully saturated rings. The summed E-state index contributed by atoms with van der Waals surface area (Å²) in [6.07, 6.45) is -0.924. The van der Waals surface area contributed by atoms with Crippen molar-refractivity contribution in [2.45, 2.75) is 13.0 Å². The molecule has 0 spiro atoms. The molecule has 1 atom stereocenters. The van der Waals surface area contributed by atoms with Crippen molar-refractivity contribution in [2.24, 2.45) is 5.73 Å². The van der Waals surface area contributed by atoms with E-state index >= 15 is 0 Å². The lowest BCUT2D eigenvalue weighted by Crippen LogP contribution is -2.12. The van der Waals surface area contributed by atoms with E-state index in [0.717, 1.165) is 0 Å². The third-order valence-electron chi connectivity index (χ3n) is 2.25. The van der Waals surface area contributed by atoms with Gasteiger partial charge >= 0.3 is 0 Å². The fraction of sp³-hybridized carbons (Fsp3) is 0.400. The van der Waals surface area contributed by atoms with Crippen LogP contribution in [0.1, 0.15) is 17.2 Å². The number of rotatable bonds is 3. The lowest BCUT2D eigenvalue weighted by atomic mass is 10.0. The maximum absolute atomic E-state index is 9.78. The summed E-state index contributed by atoms with van der Waals surface area (Å²) < 4.78 is 5.02. The van der Waals surface area contributed by atoms with Crippen LogP contribution in [0.2, 0.25) is 5.02 Å².